The Morgan fingerprint density at radius 2 is 1.82 bits per heavy atom. The molecular formula is C37H29F3N6O4S. The monoisotopic (exact) mass is 710 g/mol. The van der Waals surface area contributed by atoms with Crippen LogP contribution in [0, 0.1) is 24.4 Å². The molecule has 0 bridgehead atoms. The van der Waals surface area contributed by atoms with Crippen LogP contribution in [0.3, 0.4) is 0 Å². The molecule has 0 radical (unpaired) electrons. The number of halogens is 3. The van der Waals surface area contributed by atoms with Gasteiger partial charge in [-0.3, -0.25) is 9.78 Å². The summed E-state index contributed by atoms with van der Waals surface area (Å²) in [5.74, 6) is -2.48. The van der Waals surface area contributed by atoms with Gasteiger partial charge < -0.3 is 19.4 Å². The number of thiophene rings is 1. The van der Waals surface area contributed by atoms with Gasteiger partial charge in [0.25, 0.3) is 11.8 Å². The van der Waals surface area contributed by atoms with Crippen molar-refractivity contribution in [2.45, 2.75) is 44.7 Å². The number of aromatic amines is 1. The first-order valence-corrected chi connectivity index (χ1v) is 17.4. The molecule has 2 aromatic carbocycles. The third-order valence-electron chi connectivity index (χ3n) is 9.88. The summed E-state index contributed by atoms with van der Waals surface area (Å²) in [6.45, 7) is 2.96. The van der Waals surface area contributed by atoms with E-state index in [0.29, 0.717) is 83.2 Å². The summed E-state index contributed by atoms with van der Waals surface area (Å²) in [6.07, 6.45) is 2.10. The van der Waals surface area contributed by atoms with Crippen molar-refractivity contribution in [2.24, 2.45) is 0 Å². The number of pyridine rings is 2. The molecule has 2 aliphatic heterocycles. The molecule has 1 fully saturated rings. The molecule has 2 N–H and O–H groups in total. The number of nitrogens with zero attached hydrogens (tertiary/aromatic N) is 4. The summed E-state index contributed by atoms with van der Waals surface area (Å²) < 4.78 is 54.2. The van der Waals surface area contributed by atoms with Crippen LogP contribution in [0.15, 0.2) is 57.7 Å². The molecule has 0 spiro atoms. The number of hydrogen-bond acceptors (Lipinski definition) is 9. The smallest absolute Gasteiger partial charge is 0.388 e. The third kappa shape index (κ3) is 5.40. The van der Waals surface area contributed by atoms with E-state index in [2.05, 4.69) is 15.5 Å². The van der Waals surface area contributed by atoms with E-state index in [4.69, 9.17) is 19.1 Å². The molecule has 9 rings (SSSR count). The number of benzene rings is 2. The molecule has 258 valence electrons. The Labute approximate surface area is 292 Å². The second-order valence-electron chi connectivity index (χ2n) is 13.0. The lowest BCUT2D eigenvalue weighted by atomic mass is 9.93. The number of amides is 1. The van der Waals surface area contributed by atoms with Crippen LogP contribution >= 0.6 is 11.3 Å². The third-order valence-corrected chi connectivity index (χ3v) is 11.1. The zero-order valence-electron chi connectivity index (χ0n) is 27.2. The minimum atomic E-state index is -0.895. The molecule has 2 atom stereocenters. The van der Waals surface area contributed by atoms with Crippen molar-refractivity contribution in [2.75, 3.05) is 25.1 Å². The average Bonchev–Trinajstić information content (AvgIpc) is 3.90. The number of carbonyl (C=O) groups is 1. The summed E-state index contributed by atoms with van der Waals surface area (Å²) in [5.41, 5.74) is 5.55. The molecule has 1 saturated heterocycles. The van der Waals surface area contributed by atoms with Crippen LogP contribution < -0.4 is 11.1 Å². The highest BCUT2D eigenvalue weighted by molar-refractivity contribution is 7.23. The Morgan fingerprint density at radius 3 is 2.63 bits per heavy atom. The maximum absolute atomic E-state index is 14.3. The van der Waals surface area contributed by atoms with Gasteiger partial charge in [-0.2, -0.15) is 0 Å². The number of aromatic nitrogens is 4. The van der Waals surface area contributed by atoms with E-state index < -0.39 is 23.4 Å². The highest BCUT2D eigenvalue weighted by Crippen LogP contribution is 2.49. The molecule has 14 heteroatoms. The molecule has 0 saturated carbocycles. The molecule has 1 aliphatic carbocycles. The van der Waals surface area contributed by atoms with E-state index in [0.717, 1.165) is 26.9 Å². The van der Waals surface area contributed by atoms with Crippen molar-refractivity contribution in [3.63, 3.8) is 0 Å². The number of morpholine rings is 1. The van der Waals surface area contributed by atoms with Gasteiger partial charge in [0.1, 0.15) is 11.6 Å². The number of ether oxygens (including phenoxy) is 1. The summed E-state index contributed by atoms with van der Waals surface area (Å²) in [5, 5.41) is 10.9. The second-order valence-corrected chi connectivity index (χ2v) is 14.1. The topological polar surface area (TPSA) is 126 Å². The molecule has 3 aliphatic rings. The maximum atomic E-state index is 14.3. The van der Waals surface area contributed by atoms with Crippen LogP contribution in [0.4, 0.5) is 19.0 Å². The van der Waals surface area contributed by atoms with Gasteiger partial charge >= 0.3 is 5.76 Å². The predicted octanol–water partition coefficient (Wildman–Crippen LogP) is 6.84. The molecular weight excluding hydrogens is 682 g/mol. The SMILES string of the molecule is Cc1cc2cc(-c3c4c(nc(CCc5ccc(F)cc5)c3-c3n[nH]c(=O)o3)[C@H]3COCCN3C4=O)sc2c(N[C@@H]2CCc3cc(F)c(F)cc32)n1. The lowest BCUT2D eigenvalue weighted by molar-refractivity contribution is 0.00352. The fourth-order valence-corrected chi connectivity index (χ4v) is 8.70. The number of aryl methyl sites for hydroxylation is 4. The number of anilines is 1. The minimum absolute atomic E-state index is 0.00439. The van der Waals surface area contributed by atoms with E-state index in [1.165, 1.54) is 35.6 Å². The van der Waals surface area contributed by atoms with Gasteiger partial charge in [-0.15, -0.1) is 16.4 Å². The molecule has 10 nitrogen and oxygen atoms in total. The predicted molar refractivity (Wildman–Crippen MR) is 183 cm³/mol. The standard InChI is InChI=1S/C37H29F3N6O4S/c1-17-12-20-14-28(51-33(20)34(41-17)43-25-9-5-19-13-23(39)24(40)15-22(19)25)30-29(35-44-45-37(48)50-35)26(8-4-18-2-6-21(38)7-3-18)42-32-27-16-49-11-10-46(27)36(47)31(30)32/h2-3,6-7,12-15,25,27H,4-5,8-11,16H2,1H3,(H,41,43)(H,45,48)/t25-,27-/m1/s1. The van der Waals surface area contributed by atoms with E-state index in [1.807, 2.05) is 19.1 Å². The molecule has 4 aromatic heterocycles. The molecule has 6 aromatic rings. The Bertz CT molecular complexity index is 2440. The first kappa shape index (κ1) is 31.6. The normalized spacial score (nSPS) is 18.0. The van der Waals surface area contributed by atoms with Gasteiger partial charge in [0.15, 0.2) is 11.6 Å². The van der Waals surface area contributed by atoms with Crippen molar-refractivity contribution in [3.8, 4) is 21.9 Å². The quantitative estimate of drug-likeness (QED) is 0.185. The van der Waals surface area contributed by atoms with E-state index in [-0.39, 0.29) is 30.3 Å². The van der Waals surface area contributed by atoms with Gasteiger partial charge in [0.2, 0.25) is 0 Å². The number of nitrogens with one attached hydrogen (secondary N) is 2. The van der Waals surface area contributed by atoms with Crippen molar-refractivity contribution >= 4 is 33.1 Å². The number of fused-ring (bicyclic) bond motifs is 5. The number of hydrogen-bond donors (Lipinski definition) is 2. The van der Waals surface area contributed by atoms with Gasteiger partial charge in [-0.25, -0.2) is 28.0 Å². The molecule has 51 heavy (non-hydrogen) atoms. The summed E-state index contributed by atoms with van der Waals surface area (Å²) in [6, 6.07) is 12.0. The fraction of sp³-hybridized carbons (Fsp3) is 0.270. The second kappa shape index (κ2) is 12.2. The first-order valence-electron chi connectivity index (χ1n) is 16.6. The molecule has 1 amide bonds. The summed E-state index contributed by atoms with van der Waals surface area (Å²) in [4.78, 5) is 39.0. The van der Waals surface area contributed by atoms with E-state index in [9.17, 15) is 22.8 Å². The average molecular weight is 711 g/mol. The Hall–Kier alpha value is -5.34. The Balaban J connectivity index is 1.23. The van der Waals surface area contributed by atoms with Crippen LogP contribution in [-0.4, -0.2) is 50.7 Å². The van der Waals surface area contributed by atoms with Gasteiger partial charge in [-0.05, 0) is 91.1 Å². The van der Waals surface area contributed by atoms with Crippen LogP contribution in [0.2, 0.25) is 0 Å². The largest absolute Gasteiger partial charge is 0.434 e. The van der Waals surface area contributed by atoms with Crippen molar-refractivity contribution < 1.29 is 27.1 Å². The number of rotatable bonds is 7. The Kier molecular flexibility index (Phi) is 7.54. The van der Waals surface area contributed by atoms with Crippen LogP contribution in [0.25, 0.3) is 32.0 Å². The van der Waals surface area contributed by atoms with Gasteiger partial charge in [0.05, 0.1) is 52.5 Å². The molecule has 6 heterocycles. The zero-order chi connectivity index (χ0) is 35.0. The van der Waals surface area contributed by atoms with Crippen molar-refractivity contribution in [1.82, 2.24) is 25.1 Å². The maximum Gasteiger partial charge on any atom is 0.434 e. The lowest BCUT2D eigenvalue weighted by Crippen LogP contribution is -2.38. The van der Waals surface area contributed by atoms with Crippen LogP contribution in [0.5, 0.6) is 0 Å². The number of carbonyl (C=O) groups excluding carboxylic acids is 1. The van der Waals surface area contributed by atoms with E-state index >= 15 is 0 Å². The summed E-state index contributed by atoms with van der Waals surface area (Å²) in [7, 11) is 0. The van der Waals surface area contributed by atoms with Gasteiger partial charge in [-0.1, -0.05) is 12.1 Å². The van der Waals surface area contributed by atoms with Crippen molar-refractivity contribution in [1.29, 1.82) is 0 Å². The summed E-state index contributed by atoms with van der Waals surface area (Å²) >= 11 is 1.41. The lowest BCUT2D eigenvalue weighted by Gasteiger charge is -2.29. The van der Waals surface area contributed by atoms with Crippen LogP contribution in [0.1, 0.15) is 62.6 Å². The van der Waals surface area contributed by atoms with E-state index in [1.54, 1.807) is 17.0 Å². The fourth-order valence-electron chi connectivity index (χ4n) is 7.55. The highest BCUT2D eigenvalue weighted by Gasteiger charge is 2.44. The Morgan fingerprint density at radius 1 is 1.00 bits per heavy atom. The van der Waals surface area contributed by atoms with Crippen LogP contribution in [-0.2, 0) is 24.0 Å². The number of H-pyrrole nitrogens is 1. The highest BCUT2D eigenvalue weighted by atomic mass is 32.1. The minimum Gasteiger partial charge on any atom is -0.388 e. The molecule has 0 unspecified atom stereocenters. The van der Waals surface area contributed by atoms with Crippen molar-refractivity contribution in [3.05, 3.63) is 116 Å². The van der Waals surface area contributed by atoms with Gasteiger partial charge in [0, 0.05) is 22.7 Å². The zero-order valence-corrected chi connectivity index (χ0v) is 28.0. The first-order chi connectivity index (χ1) is 24.7.